The SMILES string of the molecule is CC(C)CCCCCC1CCC1C(C)C. The van der Waals surface area contributed by atoms with E-state index in [-0.39, 0.29) is 0 Å². The minimum absolute atomic E-state index is 0.900. The third-order valence-corrected chi connectivity index (χ3v) is 4.19. The second kappa shape index (κ2) is 6.55. The van der Waals surface area contributed by atoms with Gasteiger partial charge in [-0.3, -0.25) is 0 Å². The van der Waals surface area contributed by atoms with Crippen LogP contribution in [0.4, 0.5) is 0 Å². The summed E-state index contributed by atoms with van der Waals surface area (Å²) in [6.45, 7) is 9.46. The van der Waals surface area contributed by atoms with Crippen molar-refractivity contribution in [3.8, 4) is 0 Å². The minimum Gasteiger partial charge on any atom is -0.0628 e. The summed E-state index contributed by atoms with van der Waals surface area (Å²) in [4.78, 5) is 0. The molecule has 1 aliphatic rings. The average molecular weight is 210 g/mol. The lowest BCUT2D eigenvalue weighted by atomic mass is 9.66. The minimum atomic E-state index is 0.900. The number of hydrogen-bond acceptors (Lipinski definition) is 0. The van der Waals surface area contributed by atoms with E-state index in [1.165, 1.54) is 44.9 Å². The molecule has 0 nitrogen and oxygen atoms in total. The lowest BCUT2D eigenvalue weighted by molar-refractivity contribution is 0.110. The standard InChI is InChI=1S/C15H30/c1-12(2)8-6-5-7-9-14-10-11-15(14)13(3)4/h12-15H,5-11H2,1-4H3. The molecule has 0 aromatic heterocycles. The Bertz CT molecular complexity index is 157. The van der Waals surface area contributed by atoms with Crippen LogP contribution < -0.4 is 0 Å². The fourth-order valence-electron chi connectivity index (χ4n) is 2.97. The van der Waals surface area contributed by atoms with E-state index in [0.29, 0.717) is 0 Å². The molecule has 0 heterocycles. The fourth-order valence-corrected chi connectivity index (χ4v) is 2.97. The van der Waals surface area contributed by atoms with E-state index in [1.807, 2.05) is 0 Å². The summed E-state index contributed by atoms with van der Waals surface area (Å²) in [6.07, 6.45) is 10.4. The third-order valence-electron chi connectivity index (χ3n) is 4.19. The highest BCUT2D eigenvalue weighted by Gasteiger charge is 2.31. The van der Waals surface area contributed by atoms with Gasteiger partial charge in [0.05, 0.1) is 0 Å². The van der Waals surface area contributed by atoms with E-state index in [4.69, 9.17) is 0 Å². The smallest absolute Gasteiger partial charge is 0.0363 e. The molecule has 0 radical (unpaired) electrons. The zero-order valence-electron chi connectivity index (χ0n) is 11.3. The Morgan fingerprint density at radius 3 is 2.13 bits per heavy atom. The molecule has 0 amide bonds. The monoisotopic (exact) mass is 210 g/mol. The van der Waals surface area contributed by atoms with Gasteiger partial charge in [-0.15, -0.1) is 0 Å². The summed E-state index contributed by atoms with van der Waals surface area (Å²) in [7, 11) is 0. The summed E-state index contributed by atoms with van der Waals surface area (Å²) in [5.41, 5.74) is 0. The van der Waals surface area contributed by atoms with Crippen LogP contribution in [0.25, 0.3) is 0 Å². The van der Waals surface area contributed by atoms with Crippen LogP contribution >= 0.6 is 0 Å². The molecule has 0 bridgehead atoms. The predicted molar refractivity (Wildman–Crippen MR) is 69.0 cm³/mol. The van der Waals surface area contributed by atoms with Gasteiger partial charge in [0.2, 0.25) is 0 Å². The maximum atomic E-state index is 2.40. The van der Waals surface area contributed by atoms with Gasteiger partial charge in [0.15, 0.2) is 0 Å². The Morgan fingerprint density at radius 2 is 1.67 bits per heavy atom. The second-order valence-corrected chi connectivity index (χ2v) is 6.28. The molecule has 0 heteroatoms. The Hall–Kier alpha value is 0. The highest BCUT2D eigenvalue weighted by atomic mass is 14.4. The van der Waals surface area contributed by atoms with Crippen molar-refractivity contribution < 1.29 is 0 Å². The van der Waals surface area contributed by atoms with Crippen molar-refractivity contribution in [2.24, 2.45) is 23.7 Å². The summed E-state index contributed by atoms with van der Waals surface area (Å²) in [5.74, 6) is 3.98. The van der Waals surface area contributed by atoms with Gasteiger partial charge in [-0.2, -0.15) is 0 Å². The van der Waals surface area contributed by atoms with E-state index in [0.717, 1.165) is 23.7 Å². The van der Waals surface area contributed by atoms with Crippen molar-refractivity contribution in [1.29, 1.82) is 0 Å². The molecule has 90 valence electrons. The fraction of sp³-hybridized carbons (Fsp3) is 1.00. The highest BCUT2D eigenvalue weighted by molar-refractivity contribution is 4.82. The van der Waals surface area contributed by atoms with Crippen molar-refractivity contribution >= 4 is 0 Å². The Labute approximate surface area is 96.8 Å². The zero-order valence-corrected chi connectivity index (χ0v) is 11.3. The molecule has 0 aliphatic heterocycles. The first-order valence-electron chi connectivity index (χ1n) is 7.11. The molecule has 0 spiro atoms. The van der Waals surface area contributed by atoms with Gasteiger partial charge in [0.1, 0.15) is 0 Å². The Morgan fingerprint density at radius 1 is 0.933 bits per heavy atom. The van der Waals surface area contributed by atoms with Crippen LogP contribution in [0.2, 0.25) is 0 Å². The lowest BCUT2D eigenvalue weighted by Gasteiger charge is -2.39. The summed E-state index contributed by atoms with van der Waals surface area (Å²) < 4.78 is 0. The molecule has 1 aliphatic carbocycles. The second-order valence-electron chi connectivity index (χ2n) is 6.28. The third kappa shape index (κ3) is 4.57. The van der Waals surface area contributed by atoms with Gasteiger partial charge < -0.3 is 0 Å². The molecule has 15 heavy (non-hydrogen) atoms. The van der Waals surface area contributed by atoms with Crippen LogP contribution in [-0.4, -0.2) is 0 Å². The first kappa shape index (κ1) is 13.1. The summed E-state index contributed by atoms with van der Waals surface area (Å²) >= 11 is 0. The molecule has 1 rings (SSSR count). The number of hydrogen-bond donors (Lipinski definition) is 0. The summed E-state index contributed by atoms with van der Waals surface area (Å²) in [5, 5.41) is 0. The maximum absolute atomic E-state index is 2.40. The highest BCUT2D eigenvalue weighted by Crippen LogP contribution is 2.42. The topological polar surface area (TPSA) is 0 Å². The molecule has 2 atom stereocenters. The molecule has 0 N–H and O–H groups in total. The van der Waals surface area contributed by atoms with E-state index in [9.17, 15) is 0 Å². The van der Waals surface area contributed by atoms with Crippen molar-refractivity contribution in [1.82, 2.24) is 0 Å². The van der Waals surface area contributed by atoms with Gasteiger partial charge in [-0.25, -0.2) is 0 Å². The van der Waals surface area contributed by atoms with Crippen LogP contribution in [0.3, 0.4) is 0 Å². The predicted octanol–water partition coefficient (Wildman–Crippen LogP) is 5.28. The number of unbranched alkanes of at least 4 members (excludes halogenated alkanes) is 2. The molecule has 2 unspecified atom stereocenters. The maximum Gasteiger partial charge on any atom is -0.0363 e. The largest absolute Gasteiger partial charge is 0.0628 e. The van der Waals surface area contributed by atoms with Crippen molar-refractivity contribution in [3.05, 3.63) is 0 Å². The normalized spacial score (nSPS) is 26.0. The molecule has 1 saturated carbocycles. The van der Waals surface area contributed by atoms with Crippen molar-refractivity contribution in [3.63, 3.8) is 0 Å². The molecule has 0 aromatic rings. The van der Waals surface area contributed by atoms with Gasteiger partial charge in [0, 0.05) is 0 Å². The van der Waals surface area contributed by atoms with E-state index in [1.54, 1.807) is 0 Å². The van der Waals surface area contributed by atoms with Gasteiger partial charge in [-0.05, 0) is 36.5 Å². The molecular formula is C15H30. The van der Waals surface area contributed by atoms with Crippen LogP contribution in [-0.2, 0) is 0 Å². The first-order chi connectivity index (χ1) is 7.11. The van der Waals surface area contributed by atoms with Crippen molar-refractivity contribution in [2.75, 3.05) is 0 Å². The van der Waals surface area contributed by atoms with E-state index < -0.39 is 0 Å². The van der Waals surface area contributed by atoms with Crippen LogP contribution in [0, 0.1) is 23.7 Å². The quantitative estimate of drug-likeness (QED) is 0.502. The van der Waals surface area contributed by atoms with Crippen LogP contribution in [0.5, 0.6) is 0 Å². The lowest BCUT2D eigenvalue weighted by Crippen LogP contribution is -2.29. The van der Waals surface area contributed by atoms with Crippen LogP contribution in [0.1, 0.15) is 72.6 Å². The number of rotatable bonds is 7. The van der Waals surface area contributed by atoms with E-state index >= 15 is 0 Å². The molecular weight excluding hydrogens is 180 g/mol. The first-order valence-corrected chi connectivity index (χ1v) is 7.11. The molecule has 0 saturated heterocycles. The molecule has 0 aromatic carbocycles. The molecule has 1 fully saturated rings. The van der Waals surface area contributed by atoms with Crippen molar-refractivity contribution in [2.45, 2.75) is 72.6 Å². The van der Waals surface area contributed by atoms with Gasteiger partial charge >= 0.3 is 0 Å². The average Bonchev–Trinajstić information content (AvgIpc) is 2.07. The summed E-state index contributed by atoms with van der Waals surface area (Å²) in [6, 6.07) is 0. The van der Waals surface area contributed by atoms with E-state index in [2.05, 4.69) is 27.7 Å². The van der Waals surface area contributed by atoms with Crippen LogP contribution in [0.15, 0.2) is 0 Å². The Kier molecular flexibility index (Phi) is 5.71. The van der Waals surface area contributed by atoms with Gasteiger partial charge in [0.25, 0.3) is 0 Å². The van der Waals surface area contributed by atoms with Gasteiger partial charge in [-0.1, -0.05) is 59.8 Å². The zero-order chi connectivity index (χ0) is 11.3. The Balaban J connectivity index is 1.96.